The van der Waals surface area contributed by atoms with E-state index in [1.807, 2.05) is 69.3 Å². The van der Waals surface area contributed by atoms with Crippen LogP contribution in [0.15, 0.2) is 48.5 Å². The molecule has 0 fully saturated rings. The van der Waals surface area contributed by atoms with Gasteiger partial charge in [0.2, 0.25) is 0 Å². The summed E-state index contributed by atoms with van der Waals surface area (Å²) < 4.78 is 5.12. The number of carbonyl (C=O) groups excluding carboxylic acids is 1. The molecular weight excluding hydrogens is 348 g/mol. The minimum atomic E-state index is -0.320. The van der Waals surface area contributed by atoms with Crippen molar-refractivity contribution in [2.24, 2.45) is 5.92 Å². The van der Waals surface area contributed by atoms with Crippen molar-refractivity contribution in [3.05, 3.63) is 59.7 Å². The first-order chi connectivity index (χ1) is 12.1. The molecule has 0 aromatic heterocycles. The summed E-state index contributed by atoms with van der Waals surface area (Å²) in [5, 5.41) is 12.5. The number of nitrogens with zero attached hydrogens (tertiary/aromatic N) is 1. The Morgan fingerprint density at radius 2 is 1.81 bits per heavy atom. The van der Waals surface area contributed by atoms with Gasteiger partial charge in [-0.25, -0.2) is 0 Å². The van der Waals surface area contributed by atoms with Crippen LogP contribution in [-0.2, 0) is 16.1 Å². The van der Waals surface area contributed by atoms with Gasteiger partial charge in [0.15, 0.2) is 0 Å². The largest absolute Gasteiger partial charge is 0.465 e. The molecule has 0 bridgehead atoms. The van der Waals surface area contributed by atoms with Crippen molar-refractivity contribution in [2.75, 3.05) is 6.61 Å². The number of rotatable bonds is 7. The van der Waals surface area contributed by atoms with Crippen molar-refractivity contribution in [1.29, 1.82) is 5.26 Å². The third kappa shape index (κ3) is 5.59. The zero-order valence-corrected chi connectivity index (χ0v) is 16.2. The number of nitrogens with one attached hydrogen (secondary N) is 1. The molecule has 1 N–H and O–H groups in total. The molecule has 1 atom stereocenters. The fourth-order valence-corrected chi connectivity index (χ4v) is 2.69. The van der Waals surface area contributed by atoms with Crippen molar-refractivity contribution < 1.29 is 9.53 Å². The van der Waals surface area contributed by atoms with E-state index < -0.39 is 0 Å². The third-order valence-corrected chi connectivity index (χ3v) is 4.05. The normalized spacial score (nSPS) is 11.3. The molecule has 0 heterocycles. The second-order valence-electron chi connectivity index (χ2n) is 6.21. The van der Waals surface area contributed by atoms with Gasteiger partial charge >= 0.3 is 5.97 Å². The van der Waals surface area contributed by atoms with Crippen LogP contribution in [0.25, 0.3) is 11.1 Å². The van der Waals surface area contributed by atoms with E-state index in [1.165, 1.54) is 0 Å². The van der Waals surface area contributed by atoms with Crippen molar-refractivity contribution >= 4 is 18.4 Å². The van der Waals surface area contributed by atoms with Crippen LogP contribution in [0.2, 0.25) is 0 Å². The van der Waals surface area contributed by atoms with Gasteiger partial charge in [-0.2, -0.15) is 5.26 Å². The molecule has 0 saturated heterocycles. The Labute approximate surface area is 161 Å². The molecule has 138 valence electrons. The van der Waals surface area contributed by atoms with Crippen LogP contribution in [0, 0.1) is 17.2 Å². The van der Waals surface area contributed by atoms with Gasteiger partial charge in [0.1, 0.15) is 6.04 Å². The quantitative estimate of drug-likeness (QED) is 0.735. The predicted octanol–water partition coefficient (Wildman–Crippen LogP) is 4.32. The predicted molar refractivity (Wildman–Crippen MR) is 106 cm³/mol. The van der Waals surface area contributed by atoms with Gasteiger partial charge in [-0.3, -0.25) is 4.79 Å². The molecule has 2 aromatic rings. The SMILES string of the molecule is CCOC(=O)[C@@H](NCc1ccc(-c2ccccc2C#N)cc1)C(C)C.Cl. The molecule has 0 spiro atoms. The van der Waals surface area contributed by atoms with Crippen LogP contribution in [-0.4, -0.2) is 18.6 Å². The number of esters is 1. The van der Waals surface area contributed by atoms with E-state index in [0.717, 1.165) is 16.7 Å². The van der Waals surface area contributed by atoms with Crippen LogP contribution in [0.5, 0.6) is 0 Å². The summed E-state index contributed by atoms with van der Waals surface area (Å²) >= 11 is 0. The highest BCUT2D eigenvalue weighted by atomic mass is 35.5. The van der Waals surface area contributed by atoms with Crippen LogP contribution >= 0.6 is 12.4 Å². The van der Waals surface area contributed by atoms with Gasteiger partial charge in [0, 0.05) is 6.54 Å². The molecular formula is C21H25ClN2O2. The molecule has 26 heavy (non-hydrogen) atoms. The van der Waals surface area contributed by atoms with Crippen LogP contribution in [0.4, 0.5) is 0 Å². The summed E-state index contributed by atoms with van der Waals surface area (Å²) in [6, 6.07) is 17.5. The highest BCUT2D eigenvalue weighted by Crippen LogP contribution is 2.23. The number of hydrogen-bond donors (Lipinski definition) is 1. The van der Waals surface area contributed by atoms with Gasteiger partial charge in [-0.15, -0.1) is 12.4 Å². The molecule has 0 amide bonds. The maximum Gasteiger partial charge on any atom is 0.323 e. The summed E-state index contributed by atoms with van der Waals surface area (Å²) in [7, 11) is 0. The number of benzene rings is 2. The topological polar surface area (TPSA) is 62.1 Å². The minimum absolute atomic E-state index is 0. The molecule has 2 aromatic carbocycles. The third-order valence-electron chi connectivity index (χ3n) is 4.05. The lowest BCUT2D eigenvalue weighted by molar-refractivity contribution is -0.146. The second-order valence-corrected chi connectivity index (χ2v) is 6.21. The lowest BCUT2D eigenvalue weighted by atomic mass is 9.99. The van der Waals surface area contributed by atoms with Crippen molar-refractivity contribution in [3.63, 3.8) is 0 Å². The second kappa shape index (κ2) is 10.6. The van der Waals surface area contributed by atoms with Crippen LogP contribution in [0.1, 0.15) is 31.9 Å². The van der Waals surface area contributed by atoms with Crippen molar-refractivity contribution in [2.45, 2.75) is 33.4 Å². The fraction of sp³-hybridized carbons (Fsp3) is 0.333. The molecule has 4 nitrogen and oxygen atoms in total. The van der Waals surface area contributed by atoms with E-state index in [-0.39, 0.29) is 30.3 Å². The van der Waals surface area contributed by atoms with Gasteiger partial charge in [-0.1, -0.05) is 56.3 Å². The van der Waals surface area contributed by atoms with Gasteiger partial charge in [-0.05, 0) is 35.6 Å². The van der Waals surface area contributed by atoms with Gasteiger partial charge in [0.25, 0.3) is 0 Å². The Bertz CT molecular complexity index is 751. The standard InChI is InChI=1S/C21H24N2O2.ClH/c1-4-25-21(24)20(15(2)3)23-14-16-9-11-17(12-10-16)19-8-6-5-7-18(19)13-22;/h5-12,15,20,23H,4,14H2,1-3H3;1H/t20-;/m0./s1. The Kier molecular flexibility index (Phi) is 8.84. The first-order valence-electron chi connectivity index (χ1n) is 8.55. The Morgan fingerprint density at radius 1 is 1.15 bits per heavy atom. The lowest BCUT2D eigenvalue weighted by Gasteiger charge is -2.20. The molecule has 0 aliphatic heterocycles. The van der Waals surface area contributed by atoms with Gasteiger partial charge < -0.3 is 10.1 Å². The summed E-state index contributed by atoms with van der Waals surface area (Å²) in [5.41, 5.74) is 3.67. The first-order valence-corrected chi connectivity index (χ1v) is 8.55. The number of halogens is 1. The first kappa shape index (κ1) is 21.7. The van der Waals surface area contributed by atoms with E-state index in [9.17, 15) is 10.1 Å². The molecule has 0 aliphatic rings. The zero-order valence-electron chi connectivity index (χ0n) is 15.4. The van der Waals surface area contributed by atoms with Crippen molar-refractivity contribution in [3.8, 4) is 17.2 Å². The highest BCUT2D eigenvalue weighted by Gasteiger charge is 2.22. The summed E-state index contributed by atoms with van der Waals surface area (Å²) in [5.74, 6) is -0.0575. The average Bonchev–Trinajstić information content (AvgIpc) is 2.62. The molecule has 0 unspecified atom stereocenters. The maximum atomic E-state index is 12.0. The maximum absolute atomic E-state index is 12.0. The Balaban J connectivity index is 0.00000338. The number of ether oxygens (including phenoxy) is 1. The number of nitriles is 1. The van der Waals surface area contributed by atoms with Crippen LogP contribution < -0.4 is 5.32 Å². The Morgan fingerprint density at radius 3 is 2.38 bits per heavy atom. The molecule has 2 rings (SSSR count). The minimum Gasteiger partial charge on any atom is -0.465 e. The molecule has 5 heteroatoms. The number of hydrogen-bond acceptors (Lipinski definition) is 4. The van der Waals surface area contributed by atoms with E-state index >= 15 is 0 Å². The molecule has 0 aliphatic carbocycles. The summed E-state index contributed by atoms with van der Waals surface area (Å²) in [4.78, 5) is 12.0. The zero-order chi connectivity index (χ0) is 18.2. The fourth-order valence-electron chi connectivity index (χ4n) is 2.69. The van der Waals surface area contributed by atoms with E-state index in [1.54, 1.807) is 0 Å². The van der Waals surface area contributed by atoms with Gasteiger partial charge in [0.05, 0.1) is 18.2 Å². The summed E-state index contributed by atoms with van der Waals surface area (Å²) in [6.07, 6.45) is 0. The van der Waals surface area contributed by atoms with E-state index in [0.29, 0.717) is 18.7 Å². The molecule has 0 saturated carbocycles. The average molecular weight is 373 g/mol. The van der Waals surface area contributed by atoms with Crippen LogP contribution in [0.3, 0.4) is 0 Å². The van der Waals surface area contributed by atoms with E-state index in [2.05, 4.69) is 11.4 Å². The number of carbonyl (C=O) groups is 1. The van der Waals surface area contributed by atoms with Crippen molar-refractivity contribution in [1.82, 2.24) is 5.32 Å². The molecule has 0 radical (unpaired) electrons. The summed E-state index contributed by atoms with van der Waals surface area (Å²) in [6.45, 7) is 6.78. The monoisotopic (exact) mass is 372 g/mol. The van der Waals surface area contributed by atoms with E-state index in [4.69, 9.17) is 4.74 Å². The lowest BCUT2D eigenvalue weighted by Crippen LogP contribution is -2.41. The Hall–Kier alpha value is -2.35. The smallest absolute Gasteiger partial charge is 0.323 e. The highest BCUT2D eigenvalue weighted by molar-refractivity contribution is 5.85.